The SMILES string of the molecule is CCOc1ccc(OCC)c(NC(=O)CSc2nc(-c3ccc(Br)cc3)cs2)c1. The van der Waals surface area contributed by atoms with Crippen molar-refractivity contribution in [3.8, 4) is 22.8 Å². The summed E-state index contributed by atoms with van der Waals surface area (Å²) in [6, 6.07) is 13.4. The van der Waals surface area contributed by atoms with Crippen LogP contribution in [-0.2, 0) is 4.79 Å². The number of amides is 1. The lowest BCUT2D eigenvalue weighted by Crippen LogP contribution is -2.15. The third-order valence-electron chi connectivity index (χ3n) is 3.79. The molecule has 0 aliphatic rings. The van der Waals surface area contributed by atoms with Crippen LogP contribution in [0.1, 0.15) is 13.8 Å². The van der Waals surface area contributed by atoms with Gasteiger partial charge in [-0.1, -0.05) is 39.8 Å². The minimum Gasteiger partial charge on any atom is -0.494 e. The summed E-state index contributed by atoms with van der Waals surface area (Å²) in [4.78, 5) is 17.1. The van der Waals surface area contributed by atoms with Gasteiger partial charge in [0.2, 0.25) is 5.91 Å². The van der Waals surface area contributed by atoms with E-state index in [9.17, 15) is 4.79 Å². The third-order valence-corrected chi connectivity index (χ3v) is 6.34. The van der Waals surface area contributed by atoms with Crippen LogP contribution in [0, 0.1) is 0 Å². The van der Waals surface area contributed by atoms with Crippen molar-refractivity contribution in [1.82, 2.24) is 4.98 Å². The second-order valence-electron chi connectivity index (χ2n) is 5.87. The summed E-state index contributed by atoms with van der Waals surface area (Å²) < 4.78 is 13.0. The lowest BCUT2D eigenvalue weighted by molar-refractivity contribution is -0.113. The number of thiazole rings is 1. The van der Waals surface area contributed by atoms with Crippen LogP contribution in [0.4, 0.5) is 5.69 Å². The maximum atomic E-state index is 12.5. The van der Waals surface area contributed by atoms with Gasteiger partial charge in [-0.25, -0.2) is 4.98 Å². The summed E-state index contributed by atoms with van der Waals surface area (Å²) in [6.45, 7) is 4.90. The number of hydrogen-bond donors (Lipinski definition) is 1. The summed E-state index contributed by atoms with van der Waals surface area (Å²) in [5.74, 6) is 1.46. The lowest BCUT2D eigenvalue weighted by Gasteiger charge is -2.13. The molecule has 0 aliphatic heterocycles. The van der Waals surface area contributed by atoms with Gasteiger partial charge in [0.05, 0.1) is 30.3 Å². The molecule has 0 spiro atoms. The van der Waals surface area contributed by atoms with Crippen LogP contribution in [0.15, 0.2) is 56.7 Å². The van der Waals surface area contributed by atoms with Gasteiger partial charge in [0, 0.05) is 21.5 Å². The molecular formula is C21H21BrN2O3S2. The van der Waals surface area contributed by atoms with Gasteiger partial charge in [-0.3, -0.25) is 4.79 Å². The van der Waals surface area contributed by atoms with E-state index < -0.39 is 0 Å². The van der Waals surface area contributed by atoms with Crippen molar-refractivity contribution in [2.45, 2.75) is 18.2 Å². The van der Waals surface area contributed by atoms with Crippen molar-refractivity contribution < 1.29 is 14.3 Å². The predicted molar refractivity (Wildman–Crippen MR) is 123 cm³/mol. The average molecular weight is 493 g/mol. The molecule has 3 rings (SSSR count). The maximum Gasteiger partial charge on any atom is 0.234 e. The fraction of sp³-hybridized carbons (Fsp3) is 0.238. The van der Waals surface area contributed by atoms with Crippen molar-refractivity contribution in [2.75, 3.05) is 24.3 Å². The Kier molecular flexibility index (Phi) is 7.97. The first kappa shape index (κ1) is 21.7. The first-order chi connectivity index (χ1) is 14.1. The molecule has 0 unspecified atom stereocenters. The van der Waals surface area contributed by atoms with E-state index in [1.807, 2.05) is 55.6 Å². The molecule has 0 aliphatic carbocycles. The number of aromatic nitrogens is 1. The number of halogens is 1. The molecule has 2 aromatic carbocycles. The summed E-state index contributed by atoms with van der Waals surface area (Å²) >= 11 is 6.38. The summed E-state index contributed by atoms with van der Waals surface area (Å²) in [5, 5.41) is 4.92. The Bertz CT molecular complexity index is 961. The van der Waals surface area contributed by atoms with Crippen molar-refractivity contribution in [3.63, 3.8) is 0 Å². The summed E-state index contributed by atoms with van der Waals surface area (Å²) in [5.41, 5.74) is 2.57. The smallest absolute Gasteiger partial charge is 0.234 e. The molecule has 0 radical (unpaired) electrons. The zero-order chi connectivity index (χ0) is 20.6. The fourth-order valence-electron chi connectivity index (χ4n) is 2.53. The molecule has 29 heavy (non-hydrogen) atoms. The number of carbonyl (C=O) groups excluding carboxylic acids is 1. The van der Waals surface area contributed by atoms with Gasteiger partial charge < -0.3 is 14.8 Å². The number of ether oxygens (including phenoxy) is 2. The van der Waals surface area contributed by atoms with Gasteiger partial charge in [0.1, 0.15) is 11.5 Å². The molecule has 0 saturated carbocycles. The second-order valence-corrected chi connectivity index (χ2v) is 8.86. The molecule has 5 nitrogen and oxygen atoms in total. The summed E-state index contributed by atoms with van der Waals surface area (Å²) in [6.07, 6.45) is 0. The van der Waals surface area contributed by atoms with Crippen molar-refractivity contribution in [2.24, 2.45) is 0 Å². The normalized spacial score (nSPS) is 10.6. The van der Waals surface area contributed by atoms with Crippen LogP contribution >= 0.6 is 39.0 Å². The Morgan fingerprint density at radius 3 is 2.62 bits per heavy atom. The molecule has 1 heterocycles. The molecular weight excluding hydrogens is 472 g/mol. The molecule has 1 N–H and O–H groups in total. The zero-order valence-corrected chi connectivity index (χ0v) is 19.3. The zero-order valence-electron chi connectivity index (χ0n) is 16.1. The molecule has 0 fully saturated rings. The van der Waals surface area contributed by atoms with Crippen LogP contribution in [0.3, 0.4) is 0 Å². The monoisotopic (exact) mass is 492 g/mol. The van der Waals surface area contributed by atoms with Gasteiger partial charge in [-0.15, -0.1) is 11.3 Å². The van der Waals surface area contributed by atoms with Crippen LogP contribution in [-0.4, -0.2) is 29.9 Å². The number of thioether (sulfide) groups is 1. The molecule has 8 heteroatoms. The van der Waals surface area contributed by atoms with Crippen molar-refractivity contribution in [1.29, 1.82) is 0 Å². The largest absolute Gasteiger partial charge is 0.494 e. The standard InChI is InChI=1S/C21H21BrN2O3S2/c1-3-26-16-9-10-19(27-4-2)17(11-16)23-20(25)13-29-21-24-18(12-28-21)14-5-7-15(22)8-6-14/h5-12H,3-4,13H2,1-2H3,(H,23,25). The quantitative estimate of drug-likeness (QED) is 0.365. The van der Waals surface area contributed by atoms with Crippen LogP contribution < -0.4 is 14.8 Å². The highest BCUT2D eigenvalue weighted by molar-refractivity contribution is 9.10. The van der Waals surface area contributed by atoms with E-state index in [0.717, 1.165) is 20.1 Å². The highest BCUT2D eigenvalue weighted by atomic mass is 79.9. The van der Waals surface area contributed by atoms with Crippen LogP contribution in [0.2, 0.25) is 0 Å². The Hall–Kier alpha value is -2.03. The fourth-order valence-corrected chi connectivity index (χ4v) is 4.43. The average Bonchev–Trinajstić information content (AvgIpc) is 3.18. The molecule has 3 aromatic rings. The highest BCUT2D eigenvalue weighted by Crippen LogP contribution is 2.31. The maximum absolute atomic E-state index is 12.5. The van der Waals surface area contributed by atoms with Gasteiger partial charge in [-0.2, -0.15) is 0 Å². The summed E-state index contributed by atoms with van der Waals surface area (Å²) in [7, 11) is 0. The first-order valence-electron chi connectivity index (χ1n) is 9.12. The minimum absolute atomic E-state index is 0.120. The van der Waals surface area contributed by atoms with Gasteiger partial charge in [0.15, 0.2) is 4.34 Å². The van der Waals surface area contributed by atoms with Crippen LogP contribution in [0.5, 0.6) is 11.5 Å². The number of rotatable bonds is 9. The number of benzene rings is 2. The number of hydrogen-bond acceptors (Lipinski definition) is 6. The topological polar surface area (TPSA) is 60.5 Å². The molecule has 152 valence electrons. The van der Waals surface area contributed by atoms with E-state index in [1.54, 1.807) is 6.07 Å². The van der Waals surface area contributed by atoms with E-state index >= 15 is 0 Å². The number of nitrogens with one attached hydrogen (secondary N) is 1. The molecule has 0 bridgehead atoms. The molecule has 1 amide bonds. The Morgan fingerprint density at radius 2 is 1.90 bits per heavy atom. The molecule has 1 aromatic heterocycles. The minimum atomic E-state index is -0.120. The van der Waals surface area contributed by atoms with Gasteiger partial charge in [-0.05, 0) is 38.1 Å². The lowest BCUT2D eigenvalue weighted by atomic mass is 10.2. The van der Waals surface area contributed by atoms with Crippen LogP contribution in [0.25, 0.3) is 11.3 Å². The molecule has 0 saturated heterocycles. The Balaban J connectivity index is 1.61. The Labute approximate surface area is 187 Å². The van der Waals surface area contributed by atoms with E-state index in [0.29, 0.717) is 30.4 Å². The van der Waals surface area contributed by atoms with Gasteiger partial charge in [0.25, 0.3) is 0 Å². The predicted octanol–water partition coefficient (Wildman–Crippen LogP) is 6.10. The van der Waals surface area contributed by atoms with Gasteiger partial charge >= 0.3 is 0 Å². The Morgan fingerprint density at radius 1 is 1.14 bits per heavy atom. The number of nitrogens with zero attached hydrogens (tertiary/aromatic N) is 1. The second kappa shape index (κ2) is 10.7. The number of carbonyl (C=O) groups is 1. The number of anilines is 1. The third kappa shape index (κ3) is 6.22. The molecule has 0 atom stereocenters. The van der Waals surface area contributed by atoms with E-state index in [-0.39, 0.29) is 11.7 Å². The van der Waals surface area contributed by atoms with Crippen molar-refractivity contribution >= 4 is 50.6 Å². The highest BCUT2D eigenvalue weighted by Gasteiger charge is 2.12. The van der Waals surface area contributed by atoms with E-state index in [4.69, 9.17) is 9.47 Å². The van der Waals surface area contributed by atoms with Crippen molar-refractivity contribution in [3.05, 3.63) is 52.3 Å². The first-order valence-corrected chi connectivity index (χ1v) is 11.8. The van der Waals surface area contributed by atoms with E-state index in [1.165, 1.54) is 23.1 Å². The van der Waals surface area contributed by atoms with E-state index in [2.05, 4.69) is 26.2 Å².